The van der Waals surface area contributed by atoms with Crippen LogP contribution in [-0.4, -0.2) is 61.3 Å². The van der Waals surface area contributed by atoms with Crippen LogP contribution in [0.25, 0.3) is 10.9 Å². The average molecular weight is 354 g/mol. The van der Waals surface area contributed by atoms with Gasteiger partial charge in [-0.15, -0.1) is 12.4 Å². The Kier molecular flexibility index (Phi) is 5.99. The van der Waals surface area contributed by atoms with Crippen molar-refractivity contribution in [3.63, 3.8) is 0 Å². The Morgan fingerprint density at radius 3 is 2.54 bits per heavy atom. The molecule has 1 aromatic heterocycles. The monoisotopic (exact) mass is 353 g/mol. The highest BCUT2D eigenvalue weighted by atomic mass is 35.5. The first-order valence-corrected chi connectivity index (χ1v) is 7.36. The molecule has 2 aromatic rings. The molecule has 0 atom stereocenters. The van der Waals surface area contributed by atoms with Crippen LogP contribution in [0.4, 0.5) is 10.7 Å². The molecule has 130 valence electrons. The van der Waals surface area contributed by atoms with Gasteiger partial charge in [-0.1, -0.05) is 0 Å². The van der Waals surface area contributed by atoms with Gasteiger partial charge in [0.1, 0.15) is 0 Å². The maximum atomic E-state index is 12.2. The molecule has 1 saturated heterocycles. The molecule has 0 aliphatic carbocycles. The van der Waals surface area contributed by atoms with Crippen LogP contribution >= 0.6 is 12.4 Å². The van der Waals surface area contributed by atoms with Gasteiger partial charge in [-0.25, -0.2) is 14.8 Å². The van der Waals surface area contributed by atoms with Gasteiger partial charge in [-0.05, 0) is 6.07 Å². The van der Waals surface area contributed by atoms with Crippen LogP contribution in [-0.2, 0) is 0 Å². The Morgan fingerprint density at radius 2 is 1.88 bits per heavy atom. The summed E-state index contributed by atoms with van der Waals surface area (Å²) < 4.78 is 10.5. The number of urea groups is 1. The average Bonchev–Trinajstić information content (AvgIpc) is 2.61. The van der Waals surface area contributed by atoms with Gasteiger partial charge in [0.05, 0.1) is 19.7 Å². The zero-order valence-corrected chi connectivity index (χ0v) is 14.4. The van der Waals surface area contributed by atoms with E-state index in [0.29, 0.717) is 30.1 Å². The normalized spacial score (nSPS) is 14.0. The smallest absolute Gasteiger partial charge is 0.324 e. The number of hydrogen-bond donors (Lipinski definition) is 2. The molecule has 1 aliphatic heterocycles. The lowest BCUT2D eigenvalue weighted by Crippen LogP contribution is -2.48. The van der Waals surface area contributed by atoms with E-state index in [0.717, 1.165) is 18.5 Å². The highest BCUT2D eigenvalue weighted by molar-refractivity contribution is 5.89. The van der Waals surface area contributed by atoms with Crippen molar-refractivity contribution in [3.8, 4) is 11.5 Å². The molecule has 2 heterocycles. The van der Waals surface area contributed by atoms with Gasteiger partial charge in [-0.2, -0.15) is 0 Å². The molecule has 1 aliphatic rings. The van der Waals surface area contributed by atoms with Crippen molar-refractivity contribution < 1.29 is 14.3 Å². The maximum Gasteiger partial charge on any atom is 0.324 e. The molecule has 2 amide bonds. The molecule has 0 radical (unpaired) electrons. The largest absolute Gasteiger partial charge is 0.493 e. The number of nitrogens with zero attached hydrogens (tertiary/aromatic N) is 3. The number of benzene rings is 1. The molecular formula is C15H20ClN5O3. The number of anilines is 1. The number of carbonyl (C=O) groups excluding carboxylic acids is 1. The second-order valence-electron chi connectivity index (χ2n) is 5.13. The Morgan fingerprint density at radius 1 is 1.21 bits per heavy atom. The molecule has 24 heavy (non-hydrogen) atoms. The van der Waals surface area contributed by atoms with Crippen LogP contribution in [0.15, 0.2) is 18.3 Å². The first-order valence-electron chi connectivity index (χ1n) is 7.36. The minimum atomic E-state index is -0.189. The second-order valence-corrected chi connectivity index (χ2v) is 5.13. The van der Waals surface area contributed by atoms with E-state index in [9.17, 15) is 4.79 Å². The Balaban J connectivity index is 0.00000208. The lowest BCUT2D eigenvalue weighted by atomic mass is 10.2. The van der Waals surface area contributed by atoms with Gasteiger partial charge in [0.25, 0.3) is 0 Å². The summed E-state index contributed by atoms with van der Waals surface area (Å²) in [6, 6.07) is 3.37. The van der Waals surface area contributed by atoms with E-state index < -0.39 is 0 Å². The van der Waals surface area contributed by atoms with E-state index in [4.69, 9.17) is 9.47 Å². The van der Waals surface area contributed by atoms with Crippen molar-refractivity contribution in [3.05, 3.63) is 18.3 Å². The number of aromatic nitrogens is 2. The van der Waals surface area contributed by atoms with E-state index in [1.807, 2.05) is 0 Å². The summed E-state index contributed by atoms with van der Waals surface area (Å²) in [6.45, 7) is 2.93. The predicted molar refractivity (Wildman–Crippen MR) is 93.4 cm³/mol. The number of rotatable bonds is 3. The highest BCUT2D eigenvalue weighted by Gasteiger charge is 2.17. The Hall–Kier alpha value is -2.32. The Labute approximate surface area is 146 Å². The molecular weight excluding hydrogens is 334 g/mol. The van der Waals surface area contributed by atoms with Gasteiger partial charge in [0.2, 0.25) is 5.95 Å². The molecule has 0 saturated carbocycles. The number of nitrogens with one attached hydrogen (secondary N) is 2. The van der Waals surface area contributed by atoms with Crippen LogP contribution in [0, 0.1) is 0 Å². The number of methoxy groups -OCH3 is 2. The van der Waals surface area contributed by atoms with Crippen molar-refractivity contribution in [1.29, 1.82) is 0 Å². The standard InChI is InChI=1S/C15H19N5O3.ClH/c1-22-12-7-10-9-17-14(18-11(10)8-13(12)23-2)19-15(21)20-5-3-16-4-6-20;/h7-9,16H,3-6H2,1-2H3,(H,17,18,19,21);1H. The predicted octanol–water partition coefficient (Wildman–Crippen LogP) is 1.51. The third-order valence-corrected chi connectivity index (χ3v) is 3.71. The van der Waals surface area contributed by atoms with Gasteiger partial charge >= 0.3 is 6.03 Å². The SMILES string of the molecule is COc1cc2cnc(NC(=O)N3CCNCC3)nc2cc1OC.Cl. The molecule has 8 nitrogen and oxygen atoms in total. The molecule has 1 fully saturated rings. The zero-order chi connectivity index (χ0) is 16.2. The molecule has 2 N–H and O–H groups in total. The third kappa shape index (κ3) is 3.77. The number of halogens is 1. The van der Waals surface area contributed by atoms with E-state index >= 15 is 0 Å². The van der Waals surface area contributed by atoms with Crippen LogP contribution < -0.4 is 20.1 Å². The molecule has 9 heteroatoms. The maximum absolute atomic E-state index is 12.2. The number of carbonyl (C=O) groups is 1. The topological polar surface area (TPSA) is 88.6 Å². The van der Waals surface area contributed by atoms with Gasteiger partial charge in [0, 0.05) is 43.8 Å². The molecule has 0 bridgehead atoms. The minimum absolute atomic E-state index is 0. The van der Waals surface area contributed by atoms with Gasteiger partial charge in [0.15, 0.2) is 11.5 Å². The van der Waals surface area contributed by atoms with Crippen LogP contribution in [0.2, 0.25) is 0 Å². The number of amides is 2. The van der Waals surface area contributed by atoms with Gasteiger partial charge < -0.3 is 19.7 Å². The fraction of sp³-hybridized carbons (Fsp3) is 0.400. The number of ether oxygens (including phenoxy) is 2. The fourth-order valence-corrected chi connectivity index (χ4v) is 2.46. The van der Waals surface area contributed by atoms with Gasteiger partial charge in [-0.3, -0.25) is 5.32 Å². The summed E-state index contributed by atoms with van der Waals surface area (Å²) in [7, 11) is 3.14. The molecule has 0 spiro atoms. The highest BCUT2D eigenvalue weighted by Crippen LogP contribution is 2.31. The summed E-state index contributed by atoms with van der Waals surface area (Å²) in [4.78, 5) is 22.5. The summed E-state index contributed by atoms with van der Waals surface area (Å²) in [5.74, 6) is 1.47. The van der Waals surface area contributed by atoms with Crippen LogP contribution in [0.3, 0.4) is 0 Å². The van der Waals surface area contributed by atoms with Crippen LogP contribution in [0.5, 0.6) is 11.5 Å². The zero-order valence-electron chi connectivity index (χ0n) is 13.5. The summed E-state index contributed by atoms with van der Waals surface area (Å²) in [6.07, 6.45) is 1.65. The van der Waals surface area contributed by atoms with Crippen molar-refractivity contribution in [1.82, 2.24) is 20.2 Å². The lowest BCUT2D eigenvalue weighted by molar-refractivity contribution is 0.203. The second kappa shape index (κ2) is 7.98. The number of hydrogen-bond acceptors (Lipinski definition) is 6. The van der Waals surface area contributed by atoms with E-state index in [1.165, 1.54) is 0 Å². The first-order chi connectivity index (χ1) is 11.2. The summed E-state index contributed by atoms with van der Waals surface area (Å²) >= 11 is 0. The number of piperazine rings is 1. The lowest BCUT2D eigenvalue weighted by Gasteiger charge is -2.27. The third-order valence-electron chi connectivity index (χ3n) is 3.71. The van der Waals surface area contributed by atoms with Crippen molar-refractivity contribution in [2.45, 2.75) is 0 Å². The van der Waals surface area contributed by atoms with E-state index in [-0.39, 0.29) is 24.4 Å². The minimum Gasteiger partial charge on any atom is -0.493 e. The van der Waals surface area contributed by atoms with Crippen LogP contribution in [0.1, 0.15) is 0 Å². The van der Waals surface area contributed by atoms with Crippen molar-refractivity contribution >= 4 is 35.3 Å². The molecule has 1 aromatic carbocycles. The van der Waals surface area contributed by atoms with E-state index in [1.54, 1.807) is 37.4 Å². The Bertz CT molecular complexity index is 722. The summed E-state index contributed by atoms with van der Waals surface area (Å²) in [5, 5.41) is 6.75. The number of fused-ring (bicyclic) bond motifs is 1. The quantitative estimate of drug-likeness (QED) is 0.869. The molecule has 0 unspecified atom stereocenters. The summed E-state index contributed by atoms with van der Waals surface area (Å²) in [5.41, 5.74) is 0.674. The van der Waals surface area contributed by atoms with Crippen molar-refractivity contribution in [2.75, 3.05) is 45.7 Å². The first kappa shape index (κ1) is 18.0. The molecule has 3 rings (SSSR count). The fourth-order valence-electron chi connectivity index (χ4n) is 2.46. The van der Waals surface area contributed by atoms with E-state index in [2.05, 4.69) is 20.6 Å². The van der Waals surface area contributed by atoms with Crippen molar-refractivity contribution in [2.24, 2.45) is 0 Å².